The van der Waals surface area contributed by atoms with Crippen LogP contribution < -0.4 is 14.5 Å². The van der Waals surface area contributed by atoms with Gasteiger partial charge in [0.25, 0.3) is 5.91 Å². The second-order valence-corrected chi connectivity index (χ2v) is 7.52. The van der Waals surface area contributed by atoms with Crippen molar-refractivity contribution < 1.29 is 45.8 Å². The SMILES string of the molecule is COC(=O)COc1cc(Br)c(/C=C2/C(=O)N(c3c(F)c(F)c(F)c(F)c3F)N=C2C)cc1OC. The van der Waals surface area contributed by atoms with Crippen LogP contribution in [-0.4, -0.2) is 38.4 Å². The lowest BCUT2D eigenvalue weighted by Gasteiger charge is -2.15. The number of benzene rings is 2. The highest BCUT2D eigenvalue weighted by molar-refractivity contribution is 9.10. The molecule has 2 aromatic carbocycles. The molecule has 3 rings (SSSR count). The lowest BCUT2D eigenvalue weighted by Crippen LogP contribution is -2.25. The average molecular weight is 549 g/mol. The van der Waals surface area contributed by atoms with Crippen molar-refractivity contribution in [3.05, 3.63) is 56.8 Å². The first kappa shape index (κ1) is 25.1. The number of carbonyl (C=O) groups excluding carboxylic acids is 2. The van der Waals surface area contributed by atoms with Gasteiger partial charge in [-0.3, -0.25) is 4.79 Å². The van der Waals surface area contributed by atoms with Crippen molar-refractivity contribution in [2.45, 2.75) is 6.92 Å². The first-order valence-electron chi connectivity index (χ1n) is 9.22. The minimum absolute atomic E-state index is 0.0502. The molecule has 0 spiro atoms. The highest BCUT2D eigenvalue weighted by Gasteiger charge is 2.37. The Morgan fingerprint density at radius 2 is 1.62 bits per heavy atom. The van der Waals surface area contributed by atoms with Gasteiger partial charge in [-0.25, -0.2) is 26.7 Å². The molecule has 1 amide bonds. The first-order valence-corrected chi connectivity index (χ1v) is 10.0. The zero-order chi connectivity index (χ0) is 25.3. The van der Waals surface area contributed by atoms with Gasteiger partial charge in [0.2, 0.25) is 5.82 Å². The van der Waals surface area contributed by atoms with Gasteiger partial charge in [-0.2, -0.15) is 10.1 Å². The molecule has 0 bridgehead atoms. The second kappa shape index (κ2) is 9.79. The van der Waals surface area contributed by atoms with E-state index < -0.39 is 53.3 Å². The third-order valence-electron chi connectivity index (χ3n) is 4.62. The van der Waals surface area contributed by atoms with E-state index in [9.17, 15) is 31.5 Å². The number of halogens is 6. The van der Waals surface area contributed by atoms with E-state index in [0.29, 0.717) is 10.0 Å². The van der Waals surface area contributed by atoms with Gasteiger partial charge in [-0.05, 0) is 30.7 Å². The van der Waals surface area contributed by atoms with E-state index in [4.69, 9.17) is 9.47 Å². The molecule has 2 aromatic rings. The topological polar surface area (TPSA) is 77.4 Å². The number of hydrazone groups is 1. The van der Waals surface area contributed by atoms with Gasteiger partial charge < -0.3 is 14.2 Å². The second-order valence-electron chi connectivity index (χ2n) is 6.67. The number of hydrogen-bond acceptors (Lipinski definition) is 6. The third-order valence-corrected chi connectivity index (χ3v) is 5.30. The molecule has 180 valence electrons. The van der Waals surface area contributed by atoms with Crippen molar-refractivity contribution in [3.63, 3.8) is 0 Å². The van der Waals surface area contributed by atoms with Gasteiger partial charge in [0, 0.05) is 4.47 Å². The summed E-state index contributed by atoms with van der Waals surface area (Å²) in [6, 6.07) is 2.85. The van der Waals surface area contributed by atoms with Gasteiger partial charge in [0.15, 0.2) is 41.4 Å². The van der Waals surface area contributed by atoms with Crippen LogP contribution in [0.2, 0.25) is 0 Å². The fourth-order valence-electron chi connectivity index (χ4n) is 2.90. The van der Waals surface area contributed by atoms with E-state index in [1.54, 1.807) is 0 Å². The highest BCUT2D eigenvalue weighted by atomic mass is 79.9. The quantitative estimate of drug-likeness (QED) is 0.174. The Bertz CT molecular complexity index is 1240. The highest BCUT2D eigenvalue weighted by Crippen LogP contribution is 2.37. The van der Waals surface area contributed by atoms with Crippen LogP contribution in [0.25, 0.3) is 6.08 Å². The third kappa shape index (κ3) is 4.47. The fraction of sp³-hybridized carbons (Fsp3) is 0.190. The molecule has 0 atom stereocenters. The van der Waals surface area contributed by atoms with Crippen molar-refractivity contribution in [1.82, 2.24) is 0 Å². The summed E-state index contributed by atoms with van der Waals surface area (Å²) in [4.78, 5) is 24.1. The normalized spacial score (nSPS) is 14.5. The van der Waals surface area contributed by atoms with Crippen molar-refractivity contribution >= 4 is 45.3 Å². The zero-order valence-corrected chi connectivity index (χ0v) is 19.2. The Morgan fingerprint density at radius 3 is 2.18 bits per heavy atom. The van der Waals surface area contributed by atoms with Gasteiger partial charge in [-0.1, -0.05) is 15.9 Å². The molecule has 7 nitrogen and oxygen atoms in total. The van der Waals surface area contributed by atoms with Crippen LogP contribution in [0.15, 0.2) is 27.3 Å². The number of carbonyl (C=O) groups is 2. The maximum Gasteiger partial charge on any atom is 0.343 e. The molecule has 13 heteroatoms. The number of methoxy groups -OCH3 is 2. The van der Waals surface area contributed by atoms with E-state index in [1.165, 1.54) is 39.4 Å². The predicted octanol–water partition coefficient (Wildman–Crippen LogP) is 4.51. The summed E-state index contributed by atoms with van der Waals surface area (Å²) in [5.74, 6) is -12.6. The minimum atomic E-state index is -2.35. The summed E-state index contributed by atoms with van der Waals surface area (Å²) in [6.45, 7) is 0.912. The Balaban J connectivity index is 2.01. The molecular weight excluding hydrogens is 535 g/mol. The molecule has 0 aromatic heterocycles. The molecule has 0 aliphatic carbocycles. The molecule has 0 saturated carbocycles. The Morgan fingerprint density at radius 1 is 1.03 bits per heavy atom. The van der Waals surface area contributed by atoms with Crippen molar-refractivity contribution in [2.24, 2.45) is 5.10 Å². The minimum Gasteiger partial charge on any atom is -0.493 e. The van der Waals surface area contributed by atoms with E-state index in [2.05, 4.69) is 25.8 Å². The van der Waals surface area contributed by atoms with E-state index >= 15 is 0 Å². The number of amides is 1. The maximum atomic E-state index is 14.2. The molecule has 0 unspecified atom stereocenters. The first-order chi connectivity index (χ1) is 16.0. The van der Waals surface area contributed by atoms with E-state index in [0.717, 1.165) is 0 Å². The van der Waals surface area contributed by atoms with Gasteiger partial charge >= 0.3 is 5.97 Å². The largest absolute Gasteiger partial charge is 0.493 e. The summed E-state index contributed by atoms with van der Waals surface area (Å²) in [5, 5.41) is 3.78. The molecule has 1 aliphatic heterocycles. The summed E-state index contributed by atoms with van der Waals surface area (Å²) < 4.78 is 84.4. The molecule has 0 radical (unpaired) electrons. The summed E-state index contributed by atoms with van der Waals surface area (Å²) >= 11 is 3.27. The smallest absolute Gasteiger partial charge is 0.343 e. The van der Waals surface area contributed by atoms with Crippen LogP contribution in [0.3, 0.4) is 0 Å². The lowest BCUT2D eigenvalue weighted by molar-refractivity contribution is -0.142. The number of anilines is 1. The number of hydrogen-bond donors (Lipinski definition) is 0. The van der Waals surface area contributed by atoms with Crippen LogP contribution >= 0.6 is 15.9 Å². The fourth-order valence-corrected chi connectivity index (χ4v) is 3.34. The standard InChI is InChI=1S/C21H14BrF5N2O5/c1-8-10(4-9-5-12(32-2)13(6-11(9)22)34-7-14(30)33-3)21(31)29(28-8)20-18(26)16(24)15(23)17(25)19(20)27/h4-6H,7H2,1-3H3/b10-4+. The molecule has 1 heterocycles. The van der Waals surface area contributed by atoms with Gasteiger partial charge in [0.05, 0.1) is 25.5 Å². The number of ether oxygens (including phenoxy) is 3. The van der Waals surface area contributed by atoms with Gasteiger partial charge in [0.1, 0.15) is 5.69 Å². The number of rotatable bonds is 6. The Hall–Kier alpha value is -3.48. The van der Waals surface area contributed by atoms with E-state index in [-0.39, 0.29) is 27.8 Å². The van der Waals surface area contributed by atoms with Crippen LogP contribution in [-0.2, 0) is 14.3 Å². The summed E-state index contributed by atoms with van der Waals surface area (Å²) in [5.41, 5.74) is -1.41. The van der Waals surface area contributed by atoms with Gasteiger partial charge in [-0.15, -0.1) is 0 Å². The number of esters is 1. The molecule has 0 N–H and O–H groups in total. The lowest BCUT2D eigenvalue weighted by atomic mass is 10.1. The number of nitrogens with zero attached hydrogens (tertiary/aromatic N) is 2. The molecule has 34 heavy (non-hydrogen) atoms. The Kier molecular flexibility index (Phi) is 7.24. The Labute approximate surface area is 197 Å². The molecule has 0 fully saturated rings. The molecular formula is C21H14BrF5N2O5. The van der Waals surface area contributed by atoms with Crippen LogP contribution in [0.4, 0.5) is 27.6 Å². The summed E-state index contributed by atoms with van der Waals surface area (Å²) in [6.07, 6.45) is 1.27. The van der Waals surface area contributed by atoms with Crippen LogP contribution in [0.1, 0.15) is 12.5 Å². The van der Waals surface area contributed by atoms with E-state index in [1.807, 2.05) is 0 Å². The predicted molar refractivity (Wildman–Crippen MR) is 113 cm³/mol. The van der Waals surface area contributed by atoms with Crippen molar-refractivity contribution in [1.29, 1.82) is 0 Å². The summed E-state index contributed by atoms with van der Waals surface area (Å²) in [7, 11) is 2.51. The van der Waals surface area contributed by atoms with Crippen LogP contribution in [0.5, 0.6) is 11.5 Å². The maximum absolute atomic E-state index is 14.2. The van der Waals surface area contributed by atoms with Crippen molar-refractivity contribution in [2.75, 3.05) is 25.8 Å². The van der Waals surface area contributed by atoms with Crippen LogP contribution in [0, 0.1) is 29.1 Å². The molecule has 0 saturated heterocycles. The average Bonchev–Trinajstić information content (AvgIpc) is 3.09. The molecule has 1 aliphatic rings. The monoisotopic (exact) mass is 548 g/mol. The zero-order valence-electron chi connectivity index (χ0n) is 17.6. The van der Waals surface area contributed by atoms with Crippen molar-refractivity contribution in [3.8, 4) is 11.5 Å².